The fraction of sp³-hybridized carbons (Fsp3) is 0.429. The van der Waals surface area contributed by atoms with Gasteiger partial charge in [0.05, 0.1) is 25.9 Å². The highest BCUT2D eigenvalue weighted by Gasteiger charge is 2.10. The van der Waals surface area contributed by atoms with E-state index >= 15 is 0 Å². The van der Waals surface area contributed by atoms with Gasteiger partial charge < -0.3 is 25.2 Å². The topological polar surface area (TPSA) is 88.0 Å². The van der Waals surface area contributed by atoms with Gasteiger partial charge in [-0.25, -0.2) is 9.98 Å². The van der Waals surface area contributed by atoms with Crippen molar-refractivity contribution >= 4 is 5.96 Å². The maximum absolute atomic E-state index is 10.5. The predicted octanol–water partition coefficient (Wildman–Crippen LogP) is 2.67. The van der Waals surface area contributed by atoms with Crippen LogP contribution in [0.1, 0.15) is 38.0 Å². The Labute approximate surface area is 166 Å². The maximum Gasteiger partial charge on any atom is 0.218 e. The molecule has 1 unspecified atom stereocenters. The smallest absolute Gasteiger partial charge is 0.218 e. The Morgan fingerprint density at radius 3 is 2.57 bits per heavy atom. The van der Waals surface area contributed by atoms with Gasteiger partial charge in [0, 0.05) is 24.8 Å². The molecule has 2 rings (SSSR count). The molecule has 0 fully saturated rings. The number of rotatable bonds is 9. The molecule has 3 N–H and O–H groups in total. The van der Waals surface area contributed by atoms with Crippen LogP contribution in [0.3, 0.4) is 0 Å². The van der Waals surface area contributed by atoms with Gasteiger partial charge in [0.1, 0.15) is 5.75 Å². The fourth-order valence-electron chi connectivity index (χ4n) is 2.59. The number of hydrogen-bond donors (Lipinski definition) is 3. The zero-order valence-corrected chi connectivity index (χ0v) is 17.0. The van der Waals surface area contributed by atoms with Crippen LogP contribution in [0.4, 0.5) is 0 Å². The largest absolute Gasteiger partial charge is 0.491 e. The highest BCUT2D eigenvalue weighted by molar-refractivity contribution is 5.79. The van der Waals surface area contributed by atoms with Gasteiger partial charge in [-0.3, -0.25) is 0 Å². The first-order valence-corrected chi connectivity index (χ1v) is 9.48. The summed E-state index contributed by atoms with van der Waals surface area (Å²) in [6.45, 7) is 7.42. The quantitative estimate of drug-likeness (QED) is 0.454. The monoisotopic (exact) mass is 386 g/mol. The van der Waals surface area contributed by atoms with Crippen molar-refractivity contribution in [3.63, 3.8) is 0 Å². The lowest BCUT2D eigenvalue weighted by Crippen LogP contribution is -2.39. The number of ether oxygens (including phenoxy) is 2. The summed E-state index contributed by atoms with van der Waals surface area (Å²) in [5, 5.41) is 16.8. The zero-order chi connectivity index (χ0) is 20.4. The Hall–Kier alpha value is -2.80. The van der Waals surface area contributed by atoms with Crippen LogP contribution in [0, 0.1) is 0 Å². The molecule has 1 aromatic carbocycles. The third kappa shape index (κ3) is 6.74. The van der Waals surface area contributed by atoms with Gasteiger partial charge in [-0.15, -0.1) is 0 Å². The second-order valence-corrected chi connectivity index (χ2v) is 6.50. The summed E-state index contributed by atoms with van der Waals surface area (Å²) in [4.78, 5) is 8.73. The van der Waals surface area contributed by atoms with E-state index < -0.39 is 6.10 Å². The van der Waals surface area contributed by atoms with E-state index in [0.717, 1.165) is 16.9 Å². The Morgan fingerprint density at radius 2 is 1.93 bits per heavy atom. The number of benzene rings is 1. The van der Waals surface area contributed by atoms with Gasteiger partial charge in [-0.05, 0) is 44.5 Å². The summed E-state index contributed by atoms with van der Waals surface area (Å²) in [6, 6.07) is 11.3. The number of hydrogen-bond acceptors (Lipinski definition) is 5. The fourth-order valence-corrected chi connectivity index (χ4v) is 2.59. The number of methoxy groups -OCH3 is 1. The van der Waals surface area contributed by atoms with Crippen molar-refractivity contribution in [1.82, 2.24) is 15.6 Å². The zero-order valence-electron chi connectivity index (χ0n) is 17.0. The van der Waals surface area contributed by atoms with E-state index in [0.29, 0.717) is 31.5 Å². The molecule has 0 aliphatic heterocycles. The number of pyridine rings is 1. The van der Waals surface area contributed by atoms with Crippen LogP contribution in [-0.4, -0.2) is 42.4 Å². The van der Waals surface area contributed by atoms with E-state index in [1.54, 1.807) is 13.3 Å². The molecule has 28 heavy (non-hydrogen) atoms. The van der Waals surface area contributed by atoms with Gasteiger partial charge in [0.15, 0.2) is 5.96 Å². The lowest BCUT2D eigenvalue weighted by molar-refractivity contribution is 0.180. The van der Waals surface area contributed by atoms with Crippen molar-refractivity contribution in [1.29, 1.82) is 0 Å². The summed E-state index contributed by atoms with van der Waals surface area (Å²) < 4.78 is 10.9. The molecule has 0 aliphatic rings. The lowest BCUT2D eigenvalue weighted by atomic mass is 10.1. The minimum Gasteiger partial charge on any atom is -0.491 e. The Morgan fingerprint density at radius 1 is 1.18 bits per heavy atom. The van der Waals surface area contributed by atoms with Crippen LogP contribution >= 0.6 is 0 Å². The molecule has 0 radical (unpaired) electrons. The summed E-state index contributed by atoms with van der Waals surface area (Å²) in [6.07, 6.45) is 1.14. The Kier molecular flexibility index (Phi) is 8.55. The van der Waals surface area contributed by atoms with Crippen molar-refractivity contribution < 1.29 is 14.6 Å². The Balaban J connectivity index is 1.96. The highest BCUT2D eigenvalue weighted by atomic mass is 16.5. The molecule has 1 atom stereocenters. The van der Waals surface area contributed by atoms with E-state index in [4.69, 9.17) is 9.47 Å². The number of guanidine groups is 1. The number of aliphatic imine (C=N–C) groups is 1. The van der Waals surface area contributed by atoms with Gasteiger partial charge in [0.25, 0.3) is 0 Å². The molecule has 0 saturated heterocycles. The second-order valence-electron chi connectivity index (χ2n) is 6.50. The minimum absolute atomic E-state index is 0.120. The first-order chi connectivity index (χ1) is 13.5. The molecule has 0 bridgehead atoms. The van der Waals surface area contributed by atoms with Crippen LogP contribution < -0.4 is 20.1 Å². The van der Waals surface area contributed by atoms with Crippen molar-refractivity contribution in [2.45, 2.75) is 39.5 Å². The van der Waals surface area contributed by atoms with E-state index in [2.05, 4.69) is 20.6 Å². The average Bonchev–Trinajstić information content (AvgIpc) is 2.70. The molecule has 1 heterocycles. The van der Waals surface area contributed by atoms with Gasteiger partial charge in [0.2, 0.25) is 5.88 Å². The number of aromatic nitrogens is 1. The molecular weight excluding hydrogens is 356 g/mol. The third-order valence-electron chi connectivity index (χ3n) is 3.89. The number of nitrogens with one attached hydrogen (secondary N) is 2. The number of nitrogens with zero attached hydrogens (tertiary/aromatic N) is 2. The average molecular weight is 386 g/mol. The standard InChI is InChI=1S/C21H30N4O3/c1-5-22-21(24-13-17-7-6-12-23-20(17)27-4)25-14-19(26)16-8-10-18(11-9-16)28-15(2)3/h6-12,15,19,26H,5,13-14H2,1-4H3,(H2,22,24,25). The molecule has 0 saturated carbocycles. The van der Waals surface area contributed by atoms with E-state index in [-0.39, 0.29) is 6.10 Å². The molecule has 152 valence electrons. The minimum atomic E-state index is -0.662. The number of aliphatic hydroxyl groups excluding tert-OH is 1. The molecule has 7 nitrogen and oxygen atoms in total. The van der Waals surface area contributed by atoms with Crippen LogP contribution in [-0.2, 0) is 6.54 Å². The van der Waals surface area contributed by atoms with Gasteiger partial charge >= 0.3 is 0 Å². The van der Waals surface area contributed by atoms with E-state index in [1.165, 1.54) is 0 Å². The molecule has 7 heteroatoms. The highest BCUT2D eigenvalue weighted by Crippen LogP contribution is 2.18. The molecular formula is C21H30N4O3. The molecule has 0 aliphatic carbocycles. The Bertz CT molecular complexity index is 748. The molecule has 0 amide bonds. The van der Waals surface area contributed by atoms with E-state index in [1.807, 2.05) is 57.2 Å². The summed E-state index contributed by atoms with van der Waals surface area (Å²) >= 11 is 0. The normalized spacial score (nSPS) is 12.6. The van der Waals surface area contributed by atoms with Crippen LogP contribution in [0.25, 0.3) is 0 Å². The number of aliphatic hydroxyl groups is 1. The SMILES string of the molecule is CCNC(=NCc1cccnc1OC)NCC(O)c1ccc(OC(C)C)cc1. The first-order valence-electron chi connectivity index (χ1n) is 9.48. The van der Waals surface area contributed by atoms with Crippen LogP contribution in [0.2, 0.25) is 0 Å². The first kappa shape index (κ1) is 21.5. The third-order valence-corrected chi connectivity index (χ3v) is 3.89. The summed E-state index contributed by atoms with van der Waals surface area (Å²) in [5.41, 5.74) is 1.71. The van der Waals surface area contributed by atoms with Crippen molar-refractivity contribution in [2.24, 2.45) is 4.99 Å². The van der Waals surface area contributed by atoms with Crippen molar-refractivity contribution in [3.05, 3.63) is 53.7 Å². The predicted molar refractivity (Wildman–Crippen MR) is 111 cm³/mol. The van der Waals surface area contributed by atoms with Crippen LogP contribution in [0.15, 0.2) is 47.6 Å². The summed E-state index contributed by atoms with van der Waals surface area (Å²) in [5.74, 6) is 1.97. The molecule has 2 aromatic rings. The summed E-state index contributed by atoms with van der Waals surface area (Å²) in [7, 11) is 1.59. The molecule has 0 spiro atoms. The van der Waals surface area contributed by atoms with Gasteiger partial charge in [-0.2, -0.15) is 0 Å². The van der Waals surface area contributed by atoms with Crippen molar-refractivity contribution in [2.75, 3.05) is 20.2 Å². The van der Waals surface area contributed by atoms with Gasteiger partial charge in [-0.1, -0.05) is 18.2 Å². The van der Waals surface area contributed by atoms with Crippen molar-refractivity contribution in [3.8, 4) is 11.6 Å². The van der Waals surface area contributed by atoms with Crippen LogP contribution in [0.5, 0.6) is 11.6 Å². The second kappa shape index (κ2) is 11.1. The molecule has 1 aromatic heterocycles. The van der Waals surface area contributed by atoms with E-state index in [9.17, 15) is 5.11 Å². The maximum atomic E-state index is 10.5. The lowest BCUT2D eigenvalue weighted by Gasteiger charge is -2.16.